The fraction of sp³-hybridized carbons (Fsp3) is 0.0250. The van der Waals surface area contributed by atoms with Gasteiger partial charge in [-0.15, -0.1) is 0 Å². The quantitative estimate of drug-likeness (QED) is 0.244. The number of hydrogen-bond acceptors (Lipinski definition) is 2. The molecule has 2 heteroatoms. The van der Waals surface area contributed by atoms with Crippen molar-refractivity contribution >= 4 is 21.5 Å². The predicted octanol–water partition coefficient (Wildman–Crippen LogP) is 10.0. The van der Waals surface area contributed by atoms with Crippen molar-refractivity contribution in [2.45, 2.75) is 6.61 Å². The lowest BCUT2D eigenvalue weighted by atomic mass is 9.82. The predicted molar refractivity (Wildman–Crippen MR) is 173 cm³/mol. The summed E-state index contributed by atoms with van der Waals surface area (Å²) in [5.74, 6) is 0. The first-order valence-electron chi connectivity index (χ1n) is 14.2. The minimum Gasteiger partial charge on any atom is -0.392 e. The number of fused-ring (bicyclic) bond motifs is 4. The van der Waals surface area contributed by atoms with Crippen molar-refractivity contribution in [1.29, 1.82) is 5.26 Å². The zero-order valence-electron chi connectivity index (χ0n) is 22.8. The van der Waals surface area contributed by atoms with Crippen molar-refractivity contribution in [3.05, 3.63) is 145 Å². The van der Waals surface area contributed by atoms with Crippen LogP contribution < -0.4 is 0 Å². The molecule has 0 aromatic heterocycles. The van der Waals surface area contributed by atoms with Gasteiger partial charge in [0.25, 0.3) is 0 Å². The van der Waals surface area contributed by atoms with Gasteiger partial charge >= 0.3 is 0 Å². The first-order chi connectivity index (χ1) is 20.8. The number of rotatable bonds is 4. The second-order valence-corrected chi connectivity index (χ2v) is 10.9. The third-order valence-electron chi connectivity index (χ3n) is 8.56. The first kappa shape index (κ1) is 24.3. The van der Waals surface area contributed by atoms with Crippen LogP contribution in [0.3, 0.4) is 0 Å². The number of nitriles is 1. The Hall–Kier alpha value is -5.49. The normalized spacial score (nSPS) is 11.5. The summed E-state index contributed by atoms with van der Waals surface area (Å²) >= 11 is 0. The van der Waals surface area contributed by atoms with Gasteiger partial charge in [0.2, 0.25) is 0 Å². The van der Waals surface area contributed by atoms with Gasteiger partial charge < -0.3 is 5.11 Å². The maximum Gasteiger partial charge on any atom is 0.0991 e. The zero-order chi connectivity index (χ0) is 28.2. The molecule has 42 heavy (non-hydrogen) atoms. The summed E-state index contributed by atoms with van der Waals surface area (Å²) in [6, 6.07) is 49.0. The van der Waals surface area contributed by atoms with Crippen LogP contribution in [0.4, 0.5) is 0 Å². The van der Waals surface area contributed by atoms with Crippen LogP contribution in [-0.4, -0.2) is 5.11 Å². The Bertz CT molecular complexity index is 2220. The summed E-state index contributed by atoms with van der Waals surface area (Å²) in [4.78, 5) is 0. The number of aliphatic hydroxyl groups excluding tert-OH is 1. The highest BCUT2D eigenvalue weighted by Crippen LogP contribution is 2.58. The number of hydrogen-bond donors (Lipinski definition) is 1. The van der Waals surface area contributed by atoms with Crippen LogP contribution in [-0.2, 0) is 6.61 Å². The molecular formula is C40H25NO. The van der Waals surface area contributed by atoms with Gasteiger partial charge in [-0.05, 0) is 101 Å². The molecule has 0 unspecified atom stereocenters. The molecule has 0 bridgehead atoms. The molecular weight excluding hydrogens is 510 g/mol. The minimum absolute atomic E-state index is 0.0126. The Balaban J connectivity index is 1.57. The molecule has 0 fully saturated rings. The van der Waals surface area contributed by atoms with Crippen LogP contribution in [0, 0.1) is 11.3 Å². The summed E-state index contributed by atoms with van der Waals surface area (Å²) in [6.07, 6.45) is 0. The van der Waals surface area contributed by atoms with E-state index in [1.54, 1.807) is 0 Å². The molecule has 1 aliphatic rings. The van der Waals surface area contributed by atoms with E-state index in [2.05, 4.69) is 115 Å². The largest absolute Gasteiger partial charge is 0.392 e. The zero-order valence-corrected chi connectivity index (χ0v) is 22.8. The fourth-order valence-electron chi connectivity index (χ4n) is 6.82. The Morgan fingerprint density at radius 2 is 1.10 bits per heavy atom. The van der Waals surface area contributed by atoms with Gasteiger partial charge in [0.05, 0.1) is 18.2 Å². The van der Waals surface area contributed by atoms with Gasteiger partial charge in [0.1, 0.15) is 0 Å². The Morgan fingerprint density at radius 3 is 1.79 bits per heavy atom. The summed E-state index contributed by atoms with van der Waals surface area (Å²) in [5, 5.41) is 24.4. The van der Waals surface area contributed by atoms with E-state index in [9.17, 15) is 10.4 Å². The molecule has 0 amide bonds. The van der Waals surface area contributed by atoms with E-state index < -0.39 is 0 Å². The van der Waals surface area contributed by atoms with E-state index in [0.717, 1.165) is 44.2 Å². The van der Waals surface area contributed by atoms with Crippen molar-refractivity contribution in [3.63, 3.8) is 0 Å². The highest BCUT2D eigenvalue weighted by Gasteiger charge is 2.31. The van der Waals surface area contributed by atoms with E-state index in [-0.39, 0.29) is 6.61 Å². The third kappa shape index (κ3) is 3.55. The summed E-state index contributed by atoms with van der Waals surface area (Å²) < 4.78 is 0. The van der Waals surface area contributed by atoms with E-state index in [1.807, 2.05) is 24.3 Å². The molecule has 0 saturated carbocycles. The monoisotopic (exact) mass is 535 g/mol. The van der Waals surface area contributed by atoms with Crippen LogP contribution in [0.2, 0.25) is 0 Å². The third-order valence-corrected chi connectivity index (χ3v) is 8.56. The summed E-state index contributed by atoms with van der Waals surface area (Å²) in [6.45, 7) is 0.0126. The van der Waals surface area contributed by atoms with Crippen LogP contribution in [0.25, 0.3) is 77.2 Å². The van der Waals surface area contributed by atoms with Crippen molar-refractivity contribution in [2.24, 2.45) is 0 Å². The molecule has 8 rings (SSSR count). The molecule has 7 aromatic carbocycles. The van der Waals surface area contributed by atoms with E-state index in [0.29, 0.717) is 5.56 Å². The smallest absolute Gasteiger partial charge is 0.0991 e. The van der Waals surface area contributed by atoms with Gasteiger partial charge in [0.15, 0.2) is 0 Å². The molecule has 0 aliphatic heterocycles. The maximum absolute atomic E-state index is 9.91. The number of aliphatic hydroxyl groups is 1. The molecule has 0 saturated heterocycles. The Kier molecular flexibility index (Phi) is 5.54. The lowest BCUT2D eigenvalue weighted by molar-refractivity contribution is 0.282. The fourth-order valence-corrected chi connectivity index (χ4v) is 6.82. The molecule has 0 radical (unpaired) electrons. The van der Waals surface area contributed by atoms with Gasteiger partial charge in [-0.3, -0.25) is 0 Å². The second-order valence-electron chi connectivity index (χ2n) is 10.9. The maximum atomic E-state index is 9.91. The number of nitrogens with zero attached hydrogens (tertiary/aromatic N) is 1. The highest BCUT2D eigenvalue weighted by atomic mass is 16.3. The number of benzene rings is 7. The molecule has 0 atom stereocenters. The van der Waals surface area contributed by atoms with E-state index >= 15 is 0 Å². The Labute approximate surface area is 244 Å². The summed E-state index contributed by atoms with van der Waals surface area (Å²) in [5.41, 5.74) is 13.3. The Morgan fingerprint density at radius 1 is 0.476 bits per heavy atom. The van der Waals surface area contributed by atoms with Crippen LogP contribution in [0.15, 0.2) is 133 Å². The van der Waals surface area contributed by atoms with Crippen LogP contribution in [0.1, 0.15) is 11.1 Å². The molecule has 7 aromatic rings. The molecule has 1 aliphatic carbocycles. The molecule has 0 heterocycles. The average Bonchev–Trinajstić information content (AvgIpc) is 3.39. The van der Waals surface area contributed by atoms with Crippen LogP contribution >= 0.6 is 0 Å². The average molecular weight is 536 g/mol. The van der Waals surface area contributed by atoms with Gasteiger partial charge in [-0.1, -0.05) is 115 Å². The molecule has 2 nitrogen and oxygen atoms in total. The van der Waals surface area contributed by atoms with Crippen molar-refractivity contribution in [3.8, 4) is 61.7 Å². The van der Waals surface area contributed by atoms with Crippen LogP contribution in [0.5, 0.6) is 0 Å². The molecule has 196 valence electrons. The highest BCUT2D eigenvalue weighted by molar-refractivity contribution is 6.28. The van der Waals surface area contributed by atoms with Crippen molar-refractivity contribution in [1.82, 2.24) is 0 Å². The molecule has 1 N–H and O–H groups in total. The van der Waals surface area contributed by atoms with E-state index in [1.165, 1.54) is 38.6 Å². The van der Waals surface area contributed by atoms with E-state index in [4.69, 9.17) is 0 Å². The lowest BCUT2D eigenvalue weighted by Gasteiger charge is -2.20. The first-order valence-corrected chi connectivity index (χ1v) is 14.2. The topological polar surface area (TPSA) is 44.0 Å². The minimum atomic E-state index is 0.0126. The van der Waals surface area contributed by atoms with Gasteiger partial charge in [-0.25, -0.2) is 0 Å². The SMILES string of the molecule is N#Cc1ccc2c(-c3ccccc3)c3c(c(-c4ccccc4)c2c1)-c1cccc2c(-c4cccc(CO)c4)ccc-3c12. The standard InChI is InChI=1S/C40H25NO/c41-23-25-17-18-32-35(22-25)37(28-12-5-2-6-13-28)39-33-16-8-15-31-30(29-14-7-9-26(21-29)24-42)19-20-34(38(31)33)40(39)36(32)27-10-3-1-4-11-27/h1-22,42H,24H2. The van der Waals surface area contributed by atoms with Crippen molar-refractivity contribution < 1.29 is 5.11 Å². The molecule has 0 spiro atoms. The van der Waals surface area contributed by atoms with Crippen molar-refractivity contribution in [2.75, 3.05) is 0 Å². The second kappa shape index (κ2) is 9.56. The summed E-state index contributed by atoms with van der Waals surface area (Å²) in [7, 11) is 0. The lowest BCUT2D eigenvalue weighted by Crippen LogP contribution is -1.94. The van der Waals surface area contributed by atoms with Gasteiger partial charge in [0, 0.05) is 0 Å². The van der Waals surface area contributed by atoms with Gasteiger partial charge in [-0.2, -0.15) is 5.26 Å².